The molecule has 0 saturated heterocycles. The molecule has 3 aromatic heterocycles. The number of aromatic carboxylic acids is 1. The molecule has 0 aliphatic rings. The summed E-state index contributed by atoms with van der Waals surface area (Å²) in [6.45, 7) is 1.75. The quantitative estimate of drug-likeness (QED) is 0.377. The molecule has 4 N–H and O–H groups in total. The van der Waals surface area contributed by atoms with Gasteiger partial charge in [0.1, 0.15) is 17.3 Å². The van der Waals surface area contributed by atoms with Crippen molar-refractivity contribution in [2.45, 2.75) is 13.5 Å². The Morgan fingerprint density at radius 1 is 1.25 bits per heavy atom. The number of nitrogens with two attached hydrogens (primary N) is 1. The van der Waals surface area contributed by atoms with Crippen molar-refractivity contribution in [3.8, 4) is 11.1 Å². The Balaban J connectivity index is 1.83. The zero-order valence-electron chi connectivity index (χ0n) is 16.8. The van der Waals surface area contributed by atoms with Gasteiger partial charge in [-0.3, -0.25) is 4.79 Å². The highest BCUT2D eigenvalue weighted by molar-refractivity contribution is 7.13. The number of carboxylic acid groups (broad SMARTS) is 1. The average molecular weight is 448 g/mol. The number of carboxylic acids is 1. The second-order valence-electron chi connectivity index (χ2n) is 7.54. The van der Waals surface area contributed by atoms with E-state index in [1.807, 2.05) is 18.2 Å². The van der Waals surface area contributed by atoms with Crippen LogP contribution in [0.5, 0.6) is 0 Å². The Morgan fingerprint density at radius 3 is 2.81 bits per heavy atom. The Kier molecular flexibility index (Phi) is 4.56. The molecule has 160 valence electrons. The van der Waals surface area contributed by atoms with Crippen molar-refractivity contribution >= 4 is 44.3 Å². The zero-order valence-corrected chi connectivity index (χ0v) is 17.7. The van der Waals surface area contributed by atoms with Crippen LogP contribution in [0.1, 0.15) is 21.6 Å². The lowest BCUT2D eigenvalue weighted by Crippen LogP contribution is -2.13. The van der Waals surface area contributed by atoms with Crippen molar-refractivity contribution < 1.29 is 14.3 Å². The number of H-pyrrole nitrogens is 1. The summed E-state index contributed by atoms with van der Waals surface area (Å²) in [6, 6.07) is 11.7. The van der Waals surface area contributed by atoms with Gasteiger partial charge in [0.15, 0.2) is 0 Å². The van der Waals surface area contributed by atoms with Gasteiger partial charge in [-0.2, -0.15) is 4.37 Å². The van der Waals surface area contributed by atoms with Crippen molar-refractivity contribution in [2.24, 2.45) is 0 Å². The number of carbonyl (C=O) groups is 1. The molecule has 3 heterocycles. The van der Waals surface area contributed by atoms with Gasteiger partial charge in [0.05, 0.1) is 10.2 Å². The summed E-state index contributed by atoms with van der Waals surface area (Å²) in [5.41, 5.74) is 7.44. The first kappa shape index (κ1) is 20.0. The molecule has 32 heavy (non-hydrogen) atoms. The molecule has 0 bridgehead atoms. The number of benzene rings is 2. The Labute approximate surface area is 184 Å². The summed E-state index contributed by atoms with van der Waals surface area (Å²) in [5, 5.41) is 11.4. The molecule has 0 atom stereocenters. The first-order valence-corrected chi connectivity index (χ1v) is 10.5. The molecule has 7 nitrogen and oxygen atoms in total. The van der Waals surface area contributed by atoms with E-state index in [1.54, 1.807) is 25.1 Å². The number of nitrogens with zero attached hydrogens (tertiary/aromatic N) is 2. The van der Waals surface area contributed by atoms with Gasteiger partial charge in [0.2, 0.25) is 0 Å². The van der Waals surface area contributed by atoms with Crippen molar-refractivity contribution in [2.75, 3.05) is 5.73 Å². The van der Waals surface area contributed by atoms with E-state index in [0.29, 0.717) is 22.3 Å². The van der Waals surface area contributed by atoms with Gasteiger partial charge >= 0.3 is 5.97 Å². The molecule has 2 aromatic carbocycles. The summed E-state index contributed by atoms with van der Waals surface area (Å²) in [6.07, 6.45) is 1.48. The van der Waals surface area contributed by atoms with Gasteiger partial charge in [-0.1, -0.05) is 6.07 Å². The number of fused-ring (bicyclic) bond motifs is 2. The standard InChI is InChI=1S/C23H17FN4O3S/c1-11-7-14-17(9-16(11)24)28(10-12-4-5-18-15(8-12)21(25)27-32-18)20(23(30)31)19(14)13-3-2-6-26-22(13)29/h2-9H,10H2,1H3,(H2,25,27)(H,26,29)(H,30,31). The van der Waals surface area contributed by atoms with E-state index in [4.69, 9.17) is 5.73 Å². The number of rotatable bonds is 4. The van der Waals surface area contributed by atoms with Gasteiger partial charge < -0.3 is 20.4 Å². The van der Waals surface area contributed by atoms with Crippen molar-refractivity contribution in [3.05, 3.63) is 81.7 Å². The molecule has 0 aliphatic heterocycles. The number of aryl methyl sites for hydroxylation is 1. The van der Waals surface area contributed by atoms with E-state index in [9.17, 15) is 19.1 Å². The fourth-order valence-electron chi connectivity index (χ4n) is 4.04. The van der Waals surface area contributed by atoms with E-state index in [-0.39, 0.29) is 23.4 Å². The van der Waals surface area contributed by atoms with Gasteiger partial charge in [-0.15, -0.1) is 0 Å². The minimum Gasteiger partial charge on any atom is -0.477 e. The van der Waals surface area contributed by atoms with E-state index < -0.39 is 17.3 Å². The maximum absolute atomic E-state index is 14.6. The summed E-state index contributed by atoms with van der Waals surface area (Å²) in [4.78, 5) is 27.6. The summed E-state index contributed by atoms with van der Waals surface area (Å²) < 4.78 is 21.1. The monoisotopic (exact) mass is 448 g/mol. The van der Waals surface area contributed by atoms with Crippen LogP contribution in [0.15, 0.2) is 53.5 Å². The van der Waals surface area contributed by atoms with Crippen LogP contribution in [0.3, 0.4) is 0 Å². The number of hydrogen-bond acceptors (Lipinski definition) is 5. The number of hydrogen-bond donors (Lipinski definition) is 3. The number of aromatic nitrogens is 3. The Morgan fingerprint density at radius 2 is 2.06 bits per heavy atom. The van der Waals surface area contributed by atoms with E-state index >= 15 is 0 Å². The molecule has 0 fully saturated rings. The van der Waals surface area contributed by atoms with Crippen molar-refractivity contribution in [1.29, 1.82) is 0 Å². The lowest BCUT2D eigenvalue weighted by atomic mass is 10.0. The molecule has 0 amide bonds. The van der Waals surface area contributed by atoms with Crippen LogP contribution >= 0.6 is 11.5 Å². The minimum atomic E-state index is -1.21. The molecular weight excluding hydrogens is 431 g/mol. The SMILES string of the molecule is Cc1cc2c(-c3ccc[nH]c3=O)c(C(=O)O)n(Cc3ccc4snc(N)c4c3)c2cc1F. The van der Waals surface area contributed by atoms with Gasteiger partial charge in [-0.25, -0.2) is 9.18 Å². The third kappa shape index (κ3) is 3.05. The first-order valence-electron chi connectivity index (χ1n) is 9.72. The topological polar surface area (TPSA) is 114 Å². The van der Waals surface area contributed by atoms with Crippen LogP contribution in [-0.2, 0) is 6.54 Å². The molecule has 0 unspecified atom stereocenters. The maximum atomic E-state index is 14.6. The van der Waals surface area contributed by atoms with Crippen LogP contribution in [0, 0.1) is 12.7 Å². The molecule has 0 radical (unpaired) electrons. The predicted octanol–water partition coefficient (Wildman–Crippen LogP) is 4.38. The molecule has 0 saturated carbocycles. The Bertz CT molecular complexity index is 1600. The third-order valence-corrected chi connectivity index (χ3v) is 6.38. The van der Waals surface area contributed by atoms with Crippen LogP contribution in [0.25, 0.3) is 32.1 Å². The highest BCUT2D eigenvalue weighted by Gasteiger charge is 2.26. The van der Waals surface area contributed by atoms with E-state index in [1.165, 1.54) is 28.4 Å². The molecule has 0 aliphatic carbocycles. The summed E-state index contributed by atoms with van der Waals surface area (Å²) >= 11 is 1.28. The summed E-state index contributed by atoms with van der Waals surface area (Å²) in [7, 11) is 0. The predicted molar refractivity (Wildman–Crippen MR) is 123 cm³/mol. The summed E-state index contributed by atoms with van der Waals surface area (Å²) in [5.74, 6) is -1.26. The van der Waals surface area contributed by atoms with E-state index in [2.05, 4.69) is 9.36 Å². The van der Waals surface area contributed by atoms with Gasteiger partial charge in [0.25, 0.3) is 5.56 Å². The normalized spacial score (nSPS) is 11.4. The molecule has 0 spiro atoms. The minimum absolute atomic E-state index is 0.0850. The lowest BCUT2D eigenvalue weighted by Gasteiger charge is -2.10. The second-order valence-corrected chi connectivity index (χ2v) is 8.35. The first-order chi connectivity index (χ1) is 15.3. The maximum Gasteiger partial charge on any atom is 0.353 e. The molecule has 9 heteroatoms. The molecular formula is C23H17FN4O3S. The number of nitrogens with one attached hydrogen (secondary N) is 1. The van der Waals surface area contributed by atoms with Crippen LogP contribution < -0.4 is 11.3 Å². The molecule has 5 rings (SSSR count). The van der Waals surface area contributed by atoms with Crippen molar-refractivity contribution in [3.63, 3.8) is 0 Å². The molecule has 5 aromatic rings. The lowest BCUT2D eigenvalue weighted by molar-refractivity contribution is 0.0687. The van der Waals surface area contributed by atoms with Crippen LogP contribution in [-0.4, -0.2) is 25.0 Å². The van der Waals surface area contributed by atoms with Gasteiger partial charge in [0, 0.05) is 34.6 Å². The van der Waals surface area contributed by atoms with Crippen LogP contribution in [0.4, 0.5) is 10.2 Å². The number of halogens is 1. The van der Waals surface area contributed by atoms with E-state index in [0.717, 1.165) is 15.6 Å². The number of pyridine rings is 1. The number of aromatic amines is 1. The largest absolute Gasteiger partial charge is 0.477 e. The van der Waals surface area contributed by atoms with Crippen molar-refractivity contribution in [1.82, 2.24) is 13.9 Å². The third-order valence-electron chi connectivity index (χ3n) is 5.54. The number of nitrogen functional groups attached to an aromatic ring is 1. The Hall–Kier alpha value is -3.98. The van der Waals surface area contributed by atoms with Crippen LogP contribution in [0.2, 0.25) is 0 Å². The number of anilines is 1. The highest BCUT2D eigenvalue weighted by Crippen LogP contribution is 2.36. The fourth-order valence-corrected chi connectivity index (χ4v) is 4.73. The smallest absolute Gasteiger partial charge is 0.353 e. The fraction of sp³-hybridized carbons (Fsp3) is 0.0870. The highest BCUT2D eigenvalue weighted by atomic mass is 32.1. The second kappa shape index (κ2) is 7.31. The zero-order chi connectivity index (χ0) is 22.6. The average Bonchev–Trinajstić information content (AvgIpc) is 3.27. The van der Waals surface area contributed by atoms with Gasteiger partial charge in [-0.05, 0) is 66.0 Å².